The van der Waals surface area contributed by atoms with Crippen LogP contribution >= 0.6 is 0 Å². The van der Waals surface area contributed by atoms with E-state index in [1.54, 1.807) is 6.92 Å². The average Bonchev–Trinajstić information content (AvgIpc) is 3.01. The Morgan fingerprint density at radius 2 is 1.78 bits per heavy atom. The van der Waals surface area contributed by atoms with Crippen LogP contribution < -0.4 is 0 Å². The zero-order chi connectivity index (χ0) is 16.2. The van der Waals surface area contributed by atoms with Crippen molar-refractivity contribution in [2.24, 2.45) is 0 Å². The van der Waals surface area contributed by atoms with Crippen molar-refractivity contribution >= 4 is 5.97 Å². The van der Waals surface area contributed by atoms with Crippen LogP contribution in [-0.2, 0) is 4.74 Å². The molecule has 116 valence electrons. The number of H-pyrrole nitrogens is 1. The third-order valence-corrected chi connectivity index (χ3v) is 3.63. The number of aryl methyl sites for hydroxylation is 1. The summed E-state index contributed by atoms with van der Waals surface area (Å²) in [7, 11) is 0. The molecule has 0 amide bonds. The number of carbonyl (C=O) groups excluding carboxylic acids is 1. The smallest absolute Gasteiger partial charge is 0.357 e. The highest BCUT2D eigenvalue weighted by atomic mass is 16.5. The summed E-state index contributed by atoms with van der Waals surface area (Å²) in [6.07, 6.45) is 0. The fraction of sp³-hybridized carbons (Fsp3) is 0.158. The van der Waals surface area contributed by atoms with Gasteiger partial charge in [0, 0.05) is 11.1 Å². The fourth-order valence-electron chi connectivity index (χ4n) is 2.49. The Morgan fingerprint density at radius 3 is 2.48 bits per heavy atom. The lowest BCUT2D eigenvalue weighted by Crippen LogP contribution is -2.07. The molecular formula is C19H18N2O2. The number of imidazole rings is 1. The van der Waals surface area contributed by atoms with Gasteiger partial charge in [-0.1, -0.05) is 54.6 Å². The van der Waals surface area contributed by atoms with E-state index in [2.05, 4.69) is 9.97 Å². The first-order valence-electron chi connectivity index (χ1n) is 7.59. The molecule has 3 rings (SSSR count). The molecule has 0 aliphatic rings. The molecule has 0 radical (unpaired) electrons. The van der Waals surface area contributed by atoms with Crippen molar-refractivity contribution in [1.82, 2.24) is 9.97 Å². The van der Waals surface area contributed by atoms with E-state index in [0.717, 1.165) is 16.7 Å². The second-order valence-corrected chi connectivity index (χ2v) is 5.21. The van der Waals surface area contributed by atoms with Gasteiger partial charge in [0.1, 0.15) is 11.5 Å². The van der Waals surface area contributed by atoms with Crippen LogP contribution in [0.1, 0.15) is 23.0 Å². The Morgan fingerprint density at radius 1 is 1.09 bits per heavy atom. The molecule has 0 aliphatic heterocycles. The van der Waals surface area contributed by atoms with Crippen LogP contribution in [0.25, 0.3) is 22.6 Å². The highest BCUT2D eigenvalue weighted by Crippen LogP contribution is 2.28. The van der Waals surface area contributed by atoms with E-state index in [-0.39, 0.29) is 5.97 Å². The Bertz CT molecular complexity index is 822. The molecule has 1 aromatic heterocycles. The summed E-state index contributed by atoms with van der Waals surface area (Å²) >= 11 is 0. The number of rotatable bonds is 4. The summed E-state index contributed by atoms with van der Waals surface area (Å²) in [5.41, 5.74) is 3.93. The first kappa shape index (κ1) is 15.0. The van der Waals surface area contributed by atoms with Crippen LogP contribution in [-0.4, -0.2) is 22.5 Å². The average molecular weight is 306 g/mol. The molecule has 1 N–H and O–H groups in total. The highest BCUT2D eigenvalue weighted by Gasteiger charge is 2.21. The Balaban J connectivity index is 2.15. The third kappa shape index (κ3) is 3.01. The number of benzene rings is 2. The Hall–Kier alpha value is -2.88. The van der Waals surface area contributed by atoms with Gasteiger partial charge < -0.3 is 9.72 Å². The van der Waals surface area contributed by atoms with Crippen molar-refractivity contribution in [1.29, 1.82) is 0 Å². The predicted octanol–water partition coefficient (Wildman–Crippen LogP) is 4.23. The van der Waals surface area contributed by atoms with Crippen molar-refractivity contribution in [2.75, 3.05) is 6.61 Å². The van der Waals surface area contributed by atoms with Gasteiger partial charge in [0.2, 0.25) is 0 Å². The molecule has 0 bridgehead atoms. The van der Waals surface area contributed by atoms with Gasteiger partial charge in [0.05, 0.1) is 6.61 Å². The molecule has 0 aliphatic carbocycles. The number of nitrogens with one attached hydrogen (secondary N) is 1. The van der Waals surface area contributed by atoms with E-state index in [9.17, 15) is 4.79 Å². The molecule has 0 saturated carbocycles. The monoisotopic (exact) mass is 306 g/mol. The summed E-state index contributed by atoms with van der Waals surface area (Å²) in [5, 5.41) is 0. The van der Waals surface area contributed by atoms with E-state index in [4.69, 9.17) is 4.74 Å². The number of nitrogens with zero attached hydrogens (tertiary/aromatic N) is 1. The lowest BCUT2D eigenvalue weighted by molar-refractivity contribution is 0.0521. The van der Waals surface area contributed by atoms with Crippen LogP contribution in [0, 0.1) is 6.92 Å². The zero-order valence-electron chi connectivity index (χ0n) is 13.2. The Labute approximate surface area is 135 Å². The zero-order valence-corrected chi connectivity index (χ0v) is 13.2. The maximum Gasteiger partial charge on any atom is 0.357 e. The van der Waals surface area contributed by atoms with Crippen LogP contribution in [0.15, 0.2) is 54.6 Å². The molecule has 3 aromatic rings. The number of hydrogen-bond donors (Lipinski definition) is 1. The van der Waals surface area contributed by atoms with Crippen molar-refractivity contribution < 1.29 is 9.53 Å². The highest BCUT2D eigenvalue weighted by molar-refractivity contribution is 5.95. The first-order chi connectivity index (χ1) is 11.2. The van der Waals surface area contributed by atoms with Gasteiger partial charge >= 0.3 is 5.97 Å². The number of aromatic amines is 1. The maximum atomic E-state index is 12.3. The quantitative estimate of drug-likeness (QED) is 0.734. The first-order valence-corrected chi connectivity index (χ1v) is 7.59. The van der Waals surface area contributed by atoms with E-state index in [1.165, 1.54) is 0 Å². The van der Waals surface area contributed by atoms with E-state index in [1.807, 2.05) is 61.5 Å². The lowest BCUT2D eigenvalue weighted by Gasteiger charge is -2.05. The van der Waals surface area contributed by atoms with Gasteiger partial charge in [-0.15, -0.1) is 0 Å². The van der Waals surface area contributed by atoms with Gasteiger partial charge in [-0.05, 0) is 19.4 Å². The fourth-order valence-corrected chi connectivity index (χ4v) is 2.49. The second-order valence-electron chi connectivity index (χ2n) is 5.21. The molecule has 4 nitrogen and oxygen atoms in total. The van der Waals surface area contributed by atoms with Crippen molar-refractivity contribution in [3.05, 3.63) is 65.9 Å². The minimum atomic E-state index is -0.388. The molecule has 0 fully saturated rings. The molecular weight excluding hydrogens is 288 g/mol. The molecule has 0 saturated heterocycles. The normalized spacial score (nSPS) is 10.5. The van der Waals surface area contributed by atoms with E-state index >= 15 is 0 Å². The molecule has 1 heterocycles. The van der Waals surface area contributed by atoms with Crippen molar-refractivity contribution in [2.45, 2.75) is 13.8 Å². The van der Waals surface area contributed by atoms with E-state index in [0.29, 0.717) is 23.8 Å². The number of carbonyl (C=O) groups is 1. The summed E-state index contributed by atoms with van der Waals surface area (Å²) in [6, 6.07) is 17.6. The van der Waals surface area contributed by atoms with Crippen LogP contribution in [0.5, 0.6) is 0 Å². The third-order valence-electron chi connectivity index (χ3n) is 3.63. The predicted molar refractivity (Wildman–Crippen MR) is 90.2 cm³/mol. The SMILES string of the molecule is CCOC(=O)c1[nH]c(-c2ccccc2)nc1-c1ccccc1C. The number of hydrogen-bond acceptors (Lipinski definition) is 3. The number of ether oxygens (including phenoxy) is 1. The molecule has 23 heavy (non-hydrogen) atoms. The van der Waals surface area contributed by atoms with Crippen molar-refractivity contribution in [3.8, 4) is 22.6 Å². The van der Waals surface area contributed by atoms with Crippen LogP contribution in [0.2, 0.25) is 0 Å². The largest absolute Gasteiger partial charge is 0.461 e. The van der Waals surface area contributed by atoms with Crippen molar-refractivity contribution in [3.63, 3.8) is 0 Å². The standard InChI is InChI=1S/C19H18N2O2/c1-3-23-19(22)17-16(15-12-8-7-9-13(15)2)20-18(21-17)14-10-5-4-6-11-14/h4-12H,3H2,1-2H3,(H,20,21). The lowest BCUT2D eigenvalue weighted by atomic mass is 10.0. The minimum absolute atomic E-state index is 0.325. The van der Waals surface area contributed by atoms with Gasteiger partial charge in [-0.25, -0.2) is 9.78 Å². The summed E-state index contributed by atoms with van der Waals surface area (Å²) in [6.45, 7) is 4.12. The molecule has 0 atom stereocenters. The summed E-state index contributed by atoms with van der Waals surface area (Å²) < 4.78 is 5.17. The Kier molecular flexibility index (Phi) is 4.24. The van der Waals surface area contributed by atoms with Gasteiger partial charge in [0.25, 0.3) is 0 Å². The number of esters is 1. The van der Waals surface area contributed by atoms with E-state index < -0.39 is 0 Å². The molecule has 0 spiro atoms. The second kappa shape index (κ2) is 6.48. The molecule has 0 unspecified atom stereocenters. The van der Waals surface area contributed by atoms with Crippen LogP contribution in [0.3, 0.4) is 0 Å². The van der Waals surface area contributed by atoms with Gasteiger partial charge in [0.15, 0.2) is 5.69 Å². The maximum absolute atomic E-state index is 12.3. The number of aromatic nitrogens is 2. The molecule has 4 heteroatoms. The topological polar surface area (TPSA) is 55.0 Å². The summed E-state index contributed by atoms with van der Waals surface area (Å²) in [5.74, 6) is 0.271. The minimum Gasteiger partial charge on any atom is -0.461 e. The van der Waals surface area contributed by atoms with Gasteiger partial charge in [-0.3, -0.25) is 0 Å². The molecule has 2 aromatic carbocycles. The van der Waals surface area contributed by atoms with Gasteiger partial charge in [-0.2, -0.15) is 0 Å². The summed E-state index contributed by atoms with van der Waals surface area (Å²) in [4.78, 5) is 20.1. The van der Waals surface area contributed by atoms with Crippen LogP contribution in [0.4, 0.5) is 0 Å².